The zero-order valence-electron chi connectivity index (χ0n) is 13.6. The van der Waals surface area contributed by atoms with E-state index in [1.165, 1.54) is 24.6 Å². The molecule has 1 aromatic carbocycles. The number of carbonyl (C=O) groups excluding carboxylic acids is 1. The van der Waals surface area contributed by atoms with Crippen molar-refractivity contribution in [1.29, 1.82) is 0 Å². The Labute approximate surface area is 140 Å². The molecule has 1 aliphatic rings. The van der Waals surface area contributed by atoms with Gasteiger partial charge < -0.3 is 14.6 Å². The largest absolute Gasteiger partial charge is 0.383 e. The van der Waals surface area contributed by atoms with Crippen molar-refractivity contribution >= 4 is 28.7 Å². The average molecular weight is 333 g/mol. The molecule has 0 spiro atoms. The van der Waals surface area contributed by atoms with E-state index in [1.54, 1.807) is 7.11 Å². The number of fused-ring (bicyclic) bond motifs is 1. The van der Waals surface area contributed by atoms with Crippen molar-refractivity contribution < 1.29 is 9.53 Å². The Morgan fingerprint density at radius 3 is 3.00 bits per heavy atom. The van der Waals surface area contributed by atoms with E-state index in [-0.39, 0.29) is 11.9 Å². The smallest absolute Gasteiger partial charge is 0.230 e. The van der Waals surface area contributed by atoms with Crippen LogP contribution < -0.4 is 5.32 Å². The van der Waals surface area contributed by atoms with Crippen LogP contribution in [0, 0.1) is 5.92 Å². The Morgan fingerprint density at radius 1 is 1.48 bits per heavy atom. The minimum Gasteiger partial charge on any atom is -0.383 e. The van der Waals surface area contributed by atoms with Gasteiger partial charge >= 0.3 is 0 Å². The molecule has 2 aromatic rings. The third-order valence-corrected chi connectivity index (χ3v) is 5.17. The molecule has 1 N–H and O–H groups in total. The van der Waals surface area contributed by atoms with E-state index in [1.807, 2.05) is 18.2 Å². The van der Waals surface area contributed by atoms with Crippen LogP contribution in [-0.2, 0) is 16.1 Å². The number of thioether (sulfide) groups is 1. The fraction of sp³-hybridized carbons (Fsp3) is 0.529. The van der Waals surface area contributed by atoms with Gasteiger partial charge in [-0.2, -0.15) is 0 Å². The van der Waals surface area contributed by atoms with Gasteiger partial charge in [-0.15, -0.1) is 0 Å². The average Bonchev–Trinajstić information content (AvgIpc) is 3.33. The van der Waals surface area contributed by atoms with Crippen LogP contribution in [-0.4, -0.2) is 41.0 Å². The fourth-order valence-corrected chi connectivity index (χ4v) is 3.55. The zero-order chi connectivity index (χ0) is 16.2. The van der Waals surface area contributed by atoms with Gasteiger partial charge in [0.1, 0.15) is 0 Å². The molecule has 1 aromatic heterocycles. The first kappa shape index (κ1) is 16.3. The third kappa shape index (κ3) is 4.06. The Bertz CT molecular complexity index is 682. The number of ether oxygens (including phenoxy) is 1. The van der Waals surface area contributed by atoms with Crippen molar-refractivity contribution in [2.75, 3.05) is 19.5 Å². The Kier molecular flexibility index (Phi) is 5.23. The van der Waals surface area contributed by atoms with Crippen LogP contribution in [0.2, 0.25) is 0 Å². The number of para-hydroxylation sites is 2. The fourth-order valence-electron chi connectivity index (χ4n) is 2.70. The summed E-state index contributed by atoms with van der Waals surface area (Å²) in [5.74, 6) is 1.16. The first-order valence-corrected chi connectivity index (χ1v) is 9.04. The number of benzene rings is 1. The van der Waals surface area contributed by atoms with Gasteiger partial charge in [-0.1, -0.05) is 23.9 Å². The topological polar surface area (TPSA) is 56.1 Å². The summed E-state index contributed by atoms with van der Waals surface area (Å²) in [7, 11) is 1.69. The van der Waals surface area contributed by atoms with E-state index in [9.17, 15) is 4.79 Å². The number of imidazole rings is 1. The number of rotatable bonds is 8. The Hall–Kier alpha value is -1.53. The van der Waals surface area contributed by atoms with E-state index < -0.39 is 0 Å². The molecule has 5 nitrogen and oxygen atoms in total. The van der Waals surface area contributed by atoms with Gasteiger partial charge in [-0.25, -0.2) is 4.98 Å². The molecule has 3 rings (SSSR count). The highest BCUT2D eigenvalue weighted by Gasteiger charge is 2.28. The third-order valence-electron chi connectivity index (χ3n) is 4.19. The van der Waals surface area contributed by atoms with Gasteiger partial charge in [0.25, 0.3) is 0 Å². The lowest BCUT2D eigenvalue weighted by atomic mass is 10.2. The Morgan fingerprint density at radius 2 is 2.26 bits per heavy atom. The van der Waals surface area contributed by atoms with E-state index in [0.717, 1.165) is 22.7 Å². The maximum Gasteiger partial charge on any atom is 0.230 e. The van der Waals surface area contributed by atoms with Crippen LogP contribution in [0.4, 0.5) is 0 Å². The molecule has 1 aliphatic carbocycles. The summed E-state index contributed by atoms with van der Waals surface area (Å²) < 4.78 is 7.32. The minimum absolute atomic E-state index is 0.0831. The van der Waals surface area contributed by atoms with Crippen molar-refractivity contribution in [1.82, 2.24) is 14.9 Å². The van der Waals surface area contributed by atoms with Gasteiger partial charge in [0, 0.05) is 19.7 Å². The van der Waals surface area contributed by atoms with Gasteiger partial charge in [-0.3, -0.25) is 4.79 Å². The zero-order valence-corrected chi connectivity index (χ0v) is 14.4. The Balaban J connectivity index is 1.67. The molecule has 1 unspecified atom stereocenters. The van der Waals surface area contributed by atoms with Crippen LogP contribution in [0.1, 0.15) is 19.8 Å². The highest BCUT2D eigenvalue weighted by atomic mass is 32.2. The molecule has 124 valence electrons. The number of methoxy groups -OCH3 is 1. The molecule has 1 fully saturated rings. The highest BCUT2D eigenvalue weighted by molar-refractivity contribution is 7.99. The highest BCUT2D eigenvalue weighted by Crippen LogP contribution is 2.32. The summed E-state index contributed by atoms with van der Waals surface area (Å²) in [5, 5.41) is 3.96. The van der Waals surface area contributed by atoms with Crippen molar-refractivity contribution in [2.24, 2.45) is 5.92 Å². The summed E-state index contributed by atoms with van der Waals surface area (Å²) in [6.07, 6.45) is 2.48. The second kappa shape index (κ2) is 7.36. The maximum atomic E-state index is 12.1. The molecular weight excluding hydrogens is 310 g/mol. The first-order chi connectivity index (χ1) is 11.2. The summed E-state index contributed by atoms with van der Waals surface area (Å²) >= 11 is 1.49. The van der Waals surface area contributed by atoms with Crippen LogP contribution in [0.5, 0.6) is 0 Å². The van der Waals surface area contributed by atoms with Crippen molar-refractivity contribution in [3.05, 3.63) is 24.3 Å². The molecule has 0 radical (unpaired) electrons. The van der Waals surface area contributed by atoms with Crippen LogP contribution in [0.15, 0.2) is 29.4 Å². The number of hydrogen-bond acceptors (Lipinski definition) is 4. The summed E-state index contributed by atoms with van der Waals surface area (Å²) in [6.45, 7) is 3.45. The van der Waals surface area contributed by atoms with Gasteiger partial charge in [0.2, 0.25) is 5.91 Å². The molecule has 23 heavy (non-hydrogen) atoms. The predicted molar refractivity (Wildman–Crippen MR) is 92.7 cm³/mol. The number of aromatic nitrogens is 2. The molecule has 1 atom stereocenters. The standard InChI is InChI=1S/C17H23N3O2S/c1-12(13-7-8-13)18-16(21)11-23-17-19-14-5-3-4-6-15(14)20(17)9-10-22-2/h3-6,12-13H,7-11H2,1-2H3,(H,18,21). The number of nitrogens with zero attached hydrogens (tertiary/aromatic N) is 2. The first-order valence-electron chi connectivity index (χ1n) is 8.05. The van der Waals surface area contributed by atoms with Crippen LogP contribution in [0.25, 0.3) is 11.0 Å². The lowest BCUT2D eigenvalue weighted by Crippen LogP contribution is -2.35. The van der Waals surface area contributed by atoms with Crippen molar-refractivity contribution in [2.45, 2.75) is 37.5 Å². The number of amides is 1. The predicted octanol–water partition coefficient (Wildman–Crippen LogP) is 2.69. The molecule has 1 heterocycles. The van der Waals surface area contributed by atoms with Gasteiger partial charge in [-0.05, 0) is 37.8 Å². The number of nitrogens with one attached hydrogen (secondary N) is 1. The van der Waals surface area contributed by atoms with E-state index in [2.05, 4.69) is 27.9 Å². The second-order valence-electron chi connectivity index (χ2n) is 6.01. The van der Waals surface area contributed by atoms with Crippen LogP contribution >= 0.6 is 11.8 Å². The van der Waals surface area contributed by atoms with E-state index >= 15 is 0 Å². The monoisotopic (exact) mass is 333 g/mol. The minimum atomic E-state index is 0.0831. The lowest BCUT2D eigenvalue weighted by Gasteiger charge is -2.12. The van der Waals surface area contributed by atoms with Gasteiger partial charge in [0.15, 0.2) is 5.16 Å². The molecule has 0 aliphatic heterocycles. The van der Waals surface area contributed by atoms with Crippen LogP contribution in [0.3, 0.4) is 0 Å². The molecule has 0 saturated heterocycles. The maximum absolute atomic E-state index is 12.1. The molecule has 1 saturated carbocycles. The normalized spacial score (nSPS) is 15.7. The SMILES string of the molecule is COCCn1c(SCC(=O)NC(C)C2CC2)nc2ccccc21. The van der Waals surface area contributed by atoms with E-state index in [0.29, 0.717) is 18.3 Å². The quantitative estimate of drug-likeness (QED) is 0.755. The summed E-state index contributed by atoms with van der Waals surface area (Å²) in [5.41, 5.74) is 2.04. The molecule has 6 heteroatoms. The number of carbonyl (C=O) groups is 1. The molecular formula is C17H23N3O2S. The summed E-state index contributed by atoms with van der Waals surface area (Å²) in [4.78, 5) is 16.8. The summed E-state index contributed by atoms with van der Waals surface area (Å²) in [6, 6.07) is 8.32. The van der Waals surface area contributed by atoms with Crippen molar-refractivity contribution in [3.8, 4) is 0 Å². The van der Waals surface area contributed by atoms with Crippen molar-refractivity contribution in [3.63, 3.8) is 0 Å². The van der Waals surface area contributed by atoms with E-state index in [4.69, 9.17) is 4.74 Å². The number of hydrogen-bond donors (Lipinski definition) is 1. The molecule has 1 amide bonds. The molecule has 0 bridgehead atoms. The van der Waals surface area contributed by atoms with Gasteiger partial charge in [0.05, 0.1) is 23.4 Å². The lowest BCUT2D eigenvalue weighted by molar-refractivity contribution is -0.119. The second-order valence-corrected chi connectivity index (χ2v) is 6.95.